The Hall–Kier alpha value is 1.02. The average Bonchev–Trinajstić information content (AvgIpc) is 1.82. The molecule has 1 aliphatic heterocycles. The molecule has 0 atom stereocenters. The van der Waals surface area contributed by atoms with Crippen LogP contribution in [0, 0.1) is 5.41 Å². The molecular formula is C6H12Cl3O3P. The molecule has 0 bridgehead atoms. The van der Waals surface area contributed by atoms with Crippen molar-refractivity contribution in [3.8, 4) is 0 Å². The Bertz CT molecular complexity index is 175. The predicted molar refractivity (Wildman–Crippen MR) is 55.7 cm³/mol. The van der Waals surface area contributed by atoms with Gasteiger partial charge in [-0.2, -0.15) is 0 Å². The first-order chi connectivity index (χ1) is 5.71. The van der Waals surface area contributed by atoms with E-state index in [0.717, 1.165) is 13.2 Å². The molecule has 0 aliphatic carbocycles. The van der Waals surface area contributed by atoms with Crippen LogP contribution in [0.1, 0.15) is 13.8 Å². The normalized spacial score (nSPS) is 21.6. The molecule has 0 spiro atoms. The molecule has 1 aliphatic rings. The summed E-state index contributed by atoms with van der Waals surface area (Å²) in [7, 11) is 0. The third-order valence-corrected chi connectivity index (χ3v) is 1.15. The summed E-state index contributed by atoms with van der Waals surface area (Å²) >= 11 is 13.8. The Kier molecular flexibility index (Phi) is 6.25. The van der Waals surface area contributed by atoms with Gasteiger partial charge in [0.15, 0.2) is 0 Å². The fourth-order valence-electron chi connectivity index (χ4n) is 0.737. The summed E-state index contributed by atoms with van der Waals surface area (Å²) in [5.41, 5.74) is 0.234. The van der Waals surface area contributed by atoms with Gasteiger partial charge in [-0.25, -0.2) is 0 Å². The maximum Gasteiger partial charge on any atom is 0.339 e. The zero-order chi connectivity index (χ0) is 10.5. The van der Waals surface area contributed by atoms with Gasteiger partial charge in [0.05, 0.1) is 13.2 Å². The first-order valence-electron chi connectivity index (χ1n) is 3.55. The van der Waals surface area contributed by atoms with Gasteiger partial charge in [0.25, 0.3) is 0 Å². The molecule has 0 unspecified atom stereocenters. The van der Waals surface area contributed by atoms with Gasteiger partial charge in [0.1, 0.15) is 6.79 Å². The second kappa shape index (κ2) is 5.79. The van der Waals surface area contributed by atoms with E-state index in [0.29, 0.717) is 6.79 Å². The van der Waals surface area contributed by atoms with Gasteiger partial charge in [-0.3, -0.25) is 4.57 Å². The molecule has 0 amide bonds. The van der Waals surface area contributed by atoms with Gasteiger partial charge in [-0.05, 0) is 33.7 Å². The molecule has 7 heteroatoms. The Balaban J connectivity index is 0.000000252. The highest BCUT2D eigenvalue weighted by Gasteiger charge is 2.21. The molecular weight excluding hydrogens is 257 g/mol. The van der Waals surface area contributed by atoms with E-state index in [-0.39, 0.29) is 5.41 Å². The molecule has 1 rings (SSSR count). The summed E-state index contributed by atoms with van der Waals surface area (Å²) in [6.07, 6.45) is 0. The summed E-state index contributed by atoms with van der Waals surface area (Å²) in [4.78, 5) is 0. The van der Waals surface area contributed by atoms with Crippen LogP contribution in [0.25, 0.3) is 0 Å². The monoisotopic (exact) mass is 268 g/mol. The van der Waals surface area contributed by atoms with E-state index in [2.05, 4.69) is 47.6 Å². The quantitative estimate of drug-likeness (QED) is 0.627. The lowest BCUT2D eigenvalue weighted by Gasteiger charge is -2.28. The molecule has 80 valence electrons. The molecule has 0 radical (unpaired) electrons. The number of halogens is 3. The summed E-state index contributed by atoms with van der Waals surface area (Å²) in [5.74, 6) is 0. The van der Waals surface area contributed by atoms with Gasteiger partial charge >= 0.3 is 5.20 Å². The molecule has 0 N–H and O–H groups in total. The standard InChI is InChI=1S/C6H12O2.Cl3OP/c1-6(2)3-7-5-8-4-6;1-5(2,3)4/h3-5H2,1-2H3;. The van der Waals surface area contributed by atoms with Crippen molar-refractivity contribution in [2.75, 3.05) is 20.0 Å². The van der Waals surface area contributed by atoms with Crippen molar-refractivity contribution < 1.29 is 14.0 Å². The first-order valence-corrected chi connectivity index (χ1v) is 7.97. The number of rotatable bonds is 0. The smallest absolute Gasteiger partial charge is 0.339 e. The molecule has 1 fully saturated rings. The van der Waals surface area contributed by atoms with Crippen molar-refractivity contribution in [1.82, 2.24) is 0 Å². The molecule has 0 saturated carbocycles. The molecule has 0 aromatic carbocycles. The van der Waals surface area contributed by atoms with Crippen LogP contribution in [0.2, 0.25) is 0 Å². The van der Waals surface area contributed by atoms with Crippen molar-refractivity contribution in [3.05, 3.63) is 0 Å². The molecule has 13 heavy (non-hydrogen) atoms. The lowest BCUT2D eigenvalue weighted by molar-refractivity contribution is -0.153. The predicted octanol–water partition coefficient (Wildman–Crippen LogP) is 3.83. The van der Waals surface area contributed by atoms with Crippen LogP contribution in [0.4, 0.5) is 0 Å². The Morgan fingerprint density at radius 2 is 1.46 bits per heavy atom. The fraction of sp³-hybridized carbons (Fsp3) is 1.00. The largest absolute Gasteiger partial charge is 0.355 e. The molecule has 1 heterocycles. The highest BCUT2D eigenvalue weighted by molar-refractivity contribution is 8.24. The van der Waals surface area contributed by atoms with Crippen LogP contribution in [0.3, 0.4) is 0 Å². The third kappa shape index (κ3) is 13.0. The van der Waals surface area contributed by atoms with Crippen molar-refractivity contribution in [3.63, 3.8) is 0 Å². The first kappa shape index (κ1) is 14.0. The van der Waals surface area contributed by atoms with Gasteiger partial charge in [0, 0.05) is 5.41 Å². The minimum absolute atomic E-state index is 0.234. The highest BCUT2D eigenvalue weighted by Crippen LogP contribution is 2.61. The van der Waals surface area contributed by atoms with E-state index in [1.54, 1.807) is 0 Å². The minimum Gasteiger partial charge on any atom is -0.355 e. The topological polar surface area (TPSA) is 35.5 Å². The highest BCUT2D eigenvalue weighted by atomic mass is 36.0. The van der Waals surface area contributed by atoms with E-state index in [1.165, 1.54) is 0 Å². The molecule has 0 aromatic heterocycles. The fourth-order valence-corrected chi connectivity index (χ4v) is 0.737. The maximum atomic E-state index is 9.51. The van der Waals surface area contributed by atoms with Crippen LogP contribution in [0.5, 0.6) is 0 Å². The molecule has 0 aromatic rings. The molecule has 3 nitrogen and oxygen atoms in total. The Morgan fingerprint density at radius 1 is 1.15 bits per heavy atom. The number of ether oxygens (including phenoxy) is 2. The Morgan fingerprint density at radius 3 is 1.62 bits per heavy atom. The van der Waals surface area contributed by atoms with Gasteiger partial charge in [0.2, 0.25) is 0 Å². The summed E-state index contributed by atoms with van der Waals surface area (Å²) in [6, 6.07) is 0. The van der Waals surface area contributed by atoms with Crippen LogP contribution < -0.4 is 0 Å². The van der Waals surface area contributed by atoms with Crippen LogP contribution >= 0.6 is 38.9 Å². The second-order valence-electron chi connectivity index (χ2n) is 3.38. The zero-order valence-corrected chi connectivity index (χ0v) is 10.6. The summed E-state index contributed by atoms with van der Waals surface area (Å²) in [5, 5.41) is -3.22. The van der Waals surface area contributed by atoms with E-state index in [9.17, 15) is 4.57 Å². The maximum absolute atomic E-state index is 9.51. The van der Waals surface area contributed by atoms with E-state index in [1.807, 2.05) is 0 Å². The average molecular weight is 269 g/mol. The summed E-state index contributed by atoms with van der Waals surface area (Å²) < 4.78 is 19.6. The van der Waals surface area contributed by atoms with Crippen molar-refractivity contribution in [2.45, 2.75) is 13.8 Å². The number of hydrogen-bond acceptors (Lipinski definition) is 3. The van der Waals surface area contributed by atoms with Crippen molar-refractivity contribution in [2.24, 2.45) is 5.41 Å². The lowest BCUT2D eigenvalue weighted by atomic mass is 9.96. The van der Waals surface area contributed by atoms with Crippen LogP contribution in [-0.4, -0.2) is 20.0 Å². The van der Waals surface area contributed by atoms with Crippen LogP contribution in [0.15, 0.2) is 0 Å². The number of hydrogen-bond donors (Lipinski definition) is 0. The van der Waals surface area contributed by atoms with Crippen molar-refractivity contribution >= 4 is 38.9 Å². The van der Waals surface area contributed by atoms with E-state index < -0.39 is 5.20 Å². The second-order valence-corrected chi connectivity index (χ2v) is 10.0. The Labute approximate surface area is 92.4 Å². The lowest BCUT2D eigenvalue weighted by Crippen LogP contribution is -2.31. The minimum atomic E-state index is -3.22. The van der Waals surface area contributed by atoms with Gasteiger partial charge in [-0.15, -0.1) is 0 Å². The zero-order valence-electron chi connectivity index (χ0n) is 7.43. The van der Waals surface area contributed by atoms with E-state index in [4.69, 9.17) is 9.47 Å². The molecule has 1 saturated heterocycles. The third-order valence-electron chi connectivity index (χ3n) is 1.15. The van der Waals surface area contributed by atoms with Gasteiger partial charge in [-0.1, -0.05) is 13.8 Å². The van der Waals surface area contributed by atoms with Crippen LogP contribution in [-0.2, 0) is 14.0 Å². The van der Waals surface area contributed by atoms with Crippen molar-refractivity contribution in [1.29, 1.82) is 0 Å². The summed E-state index contributed by atoms with van der Waals surface area (Å²) in [6.45, 7) is 6.39. The SMILES string of the molecule is CC1(C)COCOC1.O=P(Cl)(Cl)Cl. The van der Waals surface area contributed by atoms with Gasteiger partial charge < -0.3 is 9.47 Å². The van der Waals surface area contributed by atoms with E-state index >= 15 is 0 Å².